The number of hydrogen-bond acceptors (Lipinski definition) is 3. The molecule has 0 spiro atoms. The molecule has 170 valence electrons. The molecule has 0 saturated carbocycles. The van der Waals surface area contributed by atoms with Crippen molar-refractivity contribution in [1.82, 2.24) is 4.90 Å². The summed E-state index contributed by atoms with van der Waals surface area (Å²) in [7, 11) is 0. The smallest absolute Gasteiger partial charge is 0.363 e. The van der Waals surface area contributed by atoms with Crippen molar-refractivity contribution in [2.24, 2.45) is 0 Å². The van der Waals surface area contributed by atoms with Crippen molar-refractivity contribution >= 4 is 17.3 Å². The van der Waals surface area contributed by atoms with E-state index in [1.807, 2.05) is 41.3 Å². The molecule has 0 unspecified atom stereocenters. The summed E-state index contributed by atoms with van der Waals surface area (Å²) in [6.07, 6.45) is -3.79. The van der Waals surface area contributed by atoms with Crippen LogP contribution in [0.5, 0.6) is 0 Å². The third-order valence-corrected chi connectivity index (χ3v) is 6.37. The van der Waals surface area contributed by atoms with Crippen molar-refractivity contribution in [3.63, 3.8) is 0 Å². The van der Waals surface area contributed by atoms with E-state index in [0.29, 0.717) is 17.3 Å². The number of nitrogens with zero attached hydrogens (tertiary/aromatic N) is 3. The van der Waals surface area contributed by atoms with Gasteiger partial charge in [0.1, 0.15) is 0 Å². The highest BCUT2D eigenvalue weighted by molar-refractivity contribution is 6.31. The lowest BCUT2D eigenvalue weighted by molar-refractivity contribution is -0.137. The fourth-order valence-corrected chi connectivity index (χ4v) is 4.53. The third kappa shape index (κ3) is 5.50. The predicted octanol–water partition coefficient (Wildman–Crippen LogP) is 6.51. The van der Waals surface area contributed by atoms with Crippen molar-refractivity contribution in [2.75, 3.05) is 18.0 Å². The summed E-state index contributed by atoms with van der Waals surface area (Å²) in [5.74, 6) is 0. The molecule has 1 aliphatic heterocycles. The van der Waals surface area contributed by atoms with Gasteiger partial charge in [0.15, 0.2) is 0 Å². The fourth-order valence-electron chi connectivity index (χ4n) is 4.34. The van der Waals surface area contributed by atoms with Gasteiger partial charge in [-0.3, -0.25) is 4.90 Å². The van der Waals surface area contributed by atoms with E-state index in [1.165, 1.54) is 11.6 Å². The standard InChI is InChI=1S/C26H23ClF3N3/c27-25-9-5-4-8-21(25)17-33(22-11-10-20(15-31)24(14-22)26(28,29)30)23-12-13-32(18-23)16-19-6-2-1-3-7-19/h1-11,14,23H,12-13,16-18H2/t23-/m0/s1. The molecule has 3 aromatic rings. The van der Waals surface area contributed by atoms with Crippen LogP contribution in [0.1, 0.15) is 28.7 Å². The summed E-state index contributed by atoms with van der Waals surface area (Å²) in [4.78, 5) is 4.30. The monoisotopic (exact) mass is 469 g/mol. The minimum absolute atomic E-state index is 0.0130. The predicted molar refractivity (Wildman–Crippen MR) is 124 cm³/mol. The van der Waals surface area contributed by atoms with Gasteiger partial charge in [0.25, 0.3) is 0 Å². The molecule has 0 N–H and O–H groups in total. The summed E-state index contributed by atoms with van der Waals surface area (Å²) in [6, 6.07) is 23.1. The highest BCUT2D eigenvalue weighted by atomic mass is 35.5. The van der Waals surface area contributed by atoms with E-state index in [2.05, 4.69) is 17.0 Å². The summed E-state index contributed by atoms with van der Waals surface area (Å²) < 4.78 is 41.0. The Bertz CT molecular complexity index is 1140. The Morgan fingerprint density at radius 1 is 1.03 bits per heavy atom. The molecule has 1 heterocycles. The Morgan fingerprint density at radius 2 is 1.76 bits per heavy atom. The molecule has 4 rings (SSSR count). The minimum Gasteiger partial charge on any atom is -0.363 e. The van der Waals surface area contributed by atoms with Gasteiger partial charge in [0, 0.05) is 42.9 Å². The topological polar surface area (TPSA) is 30.3 Å². The maximum absolute atomic E-state index is 13.7. The Balaban J connectivity index is 1.65. The molecule has 0 amide bonds. The van der Waals surface area contributed by atoms with Gasteiger partial charge in [0.05, 0.1) is 17.2 Å². The van der Waals surface area contributed by atoms with Gasteiger partial charge in [-0.2, -0.15) is 18.4 Å². The van der Waals surface area contributed by atoms with E-state index in [4.69, 9.17) is 11.6 Å². The summed E-state index contributed by atoms with van der Waals surface area (Å²) >= 11 is 6.39. The van der Waals surface area contributed by atoms with Crippen LogP contribution in [0, 0.1) is 11.3 Å². The van der Waals surface area contributed by atoms with Crippen molar-refractivity contribution in [2.45, 2.75) is 31.7 Å². The van der Waals surface area contributed by atoms with Gasteiger partial charge in [-0.25, -0.2) is 0 Å². The first-order valence-corrected chi connectivity index (χ1v) is 11.1. The lowest BCUT2D eigenvalue weighted by Crippen LogP contribution is -2.37. The van der Waals surface area contributed by atoms with Crippen LogP contribution in [0.4, 0.5) is 18.9 Å². The van der Waals surface area contributed by atoms with Crippen LogP contribution in [0.3, 0.4) is 0 Å². The fraction of sp³-hybridized carbons (Fsp3) is 0.269. The van der Waals surface area contributed by atoms with E-state index >= 15 is 0 Å². The lowest BCUT2D eigenvalue weighted by Gasteiger charge is -2.32. The van der Waals surface area contributed by atoms with E-state index in [1.54, 1.807) is 18.2 Å². The molecular weight excluding hydrogens is 447 g/mol. The zero-order valence-corrected chi connectivity index (χ0v) is 18.7. The van der Waals surface area contributed by atoms with Crippen LogP contribution in [-0.4, -0.2) is 24.0 Å². The number of anilines is 1. The lowest BCUT2D eigenvalue weighted by atomic mass is 10.0. The Labute approximate surface area is 196 Å². The minimum atomic E-state index is -4.61. The molecule has 0 bridgehead atoms. The molecule has 3 aromatic carbocycles. The van der Waals surface area contributed by atoms with E-state index in [0.717, 1.165) is 37.7 Å². The highest BCUT2D eigenvalue weighted by Crippen LogP contribution is 2.36. The first-order valence-electron chi connectivity index (χ1n) is 10.7. The van der Waals surface area contributed by atoms with Gasteiger partial charge in [0.2, 0.25) is 0 Å². The molecule has 0 aliphatic carbocycles. The van der Waals surface area contributed by atoms with Crippen LogP contribution in [0.25, 0.3) is 0 Å². The number of likely N-dealkylation sites (tertiary alicyclic amines) is 1. The first-order chi connectivity index (χ1) is 15.8. The summed E-state index contributed by atoms with van der Waals surface area (Å²) in [5.41, 5.74) is 1.20. The van der Waals surface area contributed by atoms with Gasteiger partial charge in [-0.1, -0.05) is 60.1 Å². The first kappa shape index (κ1) is 23.2. The number of hydrogen-bond donors (Lipinski definition) is 0. The van der Waals surface area contributed by atoms with Crippen LogP contribution in [-0.2, 0) is 19.3 Å². The molecule has 1 aliphatic rings. The average Bonchev–Trinajstić information content (AvgIpc) is 3.26. The van der Waals surface area contributed by atoms with Crippen molar-refractivity contribution in [3.8, 4) is 6.07 Å². The number of halogens is 4. The summed E-state index contributed by atoms with van der Waals surface area (Å²) in [6.45, 7) is 2.74. The zero-order chi connectivity index (χ0) is 23.4. The maximum atomic E-state index is 13.7. The molecule has 33 heavy (non-hydrogen) atoms. The second-order valence-electron chi connectivity index (χ2n) is 8.22. The SMILES string of the molecule is N#Cc1ccc(N(Cc2ccccc2Cl)[C@H]2CCN(Cc3ccccc3)C2)cc1C(F)(F)F. The molecule has 3 nitrogen and oxygen atoms in total. The van der Waals surface area contributed by atoms with Crippen molar-refractivity contribution < 1.29 is 13.2 Å². The highest BCUT2D eigenvalue weighted by Gasteiger charge is 2.35. The van der Waals surface area contributed by atoms with E-state index in [-0.39, 0.29) is 11.6 Å². The number of nitriles is 1. The second kappa shape index (κ2) is 9.86. The van der Waals surface area contributed by atoms with E-state index < -0.39 is 11.7 Å². The van der Waals surface area contributed by atoms with Crippen LogP contribution < -0.4 is 4.90 Å². The Morgan fingerprint density at radius 3 is 2.45 bits per heavy atom. The second-order valence-corrected chi connectivity index (χ2v) is 8.63. The van der Waals surface area contributed by atoms with Crippen LogP contribution in [0.15, 0.2) is 72.8 Å². The molecule has 0 aromatic heterocycles. The number of benzene rings is 3. The van der Waals surface area contributed by atoms with Gasteiger partial charge in [-0.05, 0) is 41.8 Å². The summed E-state index contributed by atoms with van der Waals surface area (Å²) in [5, 5.41) is 9.76. The maximum Gasteiger partial charge on any atom is 0.417 e. The molecule has 0 radical (unpaired) electrons. The van der Waals surface area contributed by atoms with Crippen LogP contribution >= 0.6 is 11.6 Å². The molecule has 1 fully saturated rings. The quantitative estimate of drug-likeness (QED) is 0.412. The van der Waals surface area contributed by atoms with Gasteiger partial charge < -0.3 is 4.90 Å². The number of alkyl halides is 3. The largest absolute Gasteiger partial charge is 0.417 e. The normalized spacial score (nSPS) is 16.5. The van der Waals surface area contributed by atoms with Gasteiger partial charge >= 0.3 is 6.18 Å². The molecule has 1 atom stereocenters. The molecular formula is C26H23ClF3N3. The average molecular weight is 470 g/mol. The van der Waals surface area contributed by atoms with E-state index in [9.17, 15) is 18.4 Å². The molecule has 1 saturated heterocycles. The van der Waals surface area contributed by atoms with Crippen molar-refractivity contribution in [1.29, 1.82) is 5.26 Å². The van der Waals surface area contributed by atoms with Crippen molar-refractivity contribution in [3.05, 3.63) is 100 Å². The molecule has 7 heteroatoms. The van der Waals surface area contributed by atoms with Crippen LogP contribution in [0.2, 0.25) is 5.02 Å². The number of rotatable bonds is 6. The van der Waals surface area contributed by atoms with Gasteiger partial charge in [-0.15, -0.1) is 0 Å². The third-order valence-electron chi connectivity index (χ3n) is 6.00. The zero-order valence-electron chi connectivity index (χ0n) is 17.9. The Hall–Kier alpha value is -3.01. The Kier molecular flexibility index (Phi) is 6.92.